The summed E-state index contributed by atoms with van der Waals surface area (Å²) in [6.45, 7) is 7.66. The van der Waals surface area contributed by atoms with Crippen molar-refractivity contribution in [3.63, 3.8) is 0 Å². The molecule has 2 atom stereocenters. The average Bonchev–Trinajstić information content (AvgIpc) is 2.47. The topological polar surface area (TPSA) is 74.6 Å². The maximum atomic E-state index is 12.4. The Morgan fingerprint density at radius 1 is 1.00 bits per heavy atom. The van der Waals surface area contributed by atoms with Crippen LogP contribution in [0.5, 0.6) is 0 Å². The second kappa shape index (κ2) is 7.47. The molecule has 0 radical (unpaired) electrons. The van der Waals surface area contributed by atoms with Crippen molar-refractivity contribution in [2.45, 2.75) is 79.1 Å². The highest BCUT2D eigenvalue weighted by Gasteiger charge is 2.62. The third-order valence-electron chi connectivity index (χ3n) is 5.87. The van der Waals surface area contributed by atoms with Gasteiger partial charge in [-0.15, -0.1) is 0 Å². The van der Waals surface area contributed by atoms with Crippen LogP contribution in [0.1, 0.15) is 79.1 Å². The van der Waals surface area contributed by atoms with Crippen molar-refractivity contribution in [1.29, 1.82) is 0 Å². The minimum atomic E-state index is -1.18. The predicted octanol–water partition coefficient (Wildman–Crippen LogP) is 4.57. The van der Waals surface area contributed by atoms with E-state index in [4.69, 9.17) is 0 Å². The highest BCUT2D eigenvalue weighted by atomic mass is 16.4. The van der Waals surface area contributed by atoms with Crippen LogP contribution in [0.4, 0.5) is 0 Å². The fraction of sp³-hybridized carbons (Fsp3) is 0.889. The van der Waals surface area contributed by atoms with E-state index in [2.05, 4.69) is 0 Å². The molecule has 1 aliphatic carbocycles. The van der Waals surface area contributed by atoms with Crippen LogP contribution in [-0.2, 0) is 9.59 Å². The summed E-state index contributed by atoms with van der Waals surface area (Å²) in [4.78, 5) is 24.7. The largest absolute Gasteiger partial charge is 0.481 e. The maximum absolute atomic E-state index is 12.4. The Hall–Kier alpha value is -1.06. The van der Waals surface area contributed by atoms with Crippen LogP contribution in [0, 0.1) is 22.7 Å². The third-order valence-corrected chi connectivity index (χ3v) is 5.87. The molecule has 4 heteroatoms. The number of carbonyl (C=O) groups is 2. The number of carboxylic acid groups (broad SMARTS) is 2. The second-order valence-electron chi connectivity index (χ2n) is 7.30. The van der Waals surface area contributed by atoms with Gasteiger partial charge >= 0.3 is 11.9 Å². The molecule has 1 saturated carbocycles. The van der Waals surface area contributed by atoms with E-state index in [-0.39, 0.29) is 11.8 Å². The first kappa shape index (κ1) is 19.0. The summed E-state index contributed by atoms with van der Waals surface area (Å²) >= 11 is 0. The summed E-state index contributed by atoms with van der Waals surface area (Å²) in [5, 5.41) is 20.2. The Morgan fingerprint density at radius 2 is 1.55 bits per heavy atom. The van der Waals surface area contributed by atoms with E-state index >= 15 is 0 Å². The first-order valence-corrected chi connectivity index (χ1v) is 8.75. The zero-order valence-corrected chi connectivity index (χ0v) is 14.5. The normalized spacial score (nSPS) is 22.0. The molecule has 0 amide bonds. The summed E-state index contributed by atoms with van der Waals surface area (Å²) < 4.78 is 0. The minimum absolute atomic E-state index is 0.0291. The molecule has 0 aliphatic heterocycles. The molecule has 0 heterocycles. The molecule has 0 aromatic carbocycles. The quantitative estimate of drug-likeness (QED) is 0.688. The number of carboxylic acids is 2. The van der Waals surface area contributed by atoms with Gasteiger partial charge in [-0.1, -0.05) is 47.0 Å². The van der Waals surface area contributed by atoms with Crippen molar-refractivity contribution in [2.75, 3.05) is 0 Å². The first-order chi connectivity index (χ1) is 10.3. The lowest BCUT2D eigenvalue weighted by Gasteiger charge is -2.50. The monoisotopic (exact) mass is 312 g/mol. The number of rotatable bonds is 8. The molecule has 0 aromatic heterocycles. The fourth-order valence-electron chi connectivity index (χ4n) is 4.91. The van der Waals surface area contributed by atoms with Crippen LogP contribution >= 0.6 is 0 Å². The van der Waals surface area contributed by atoms with E-state index in [1.165, 1.54) is 0 Å². The molecule has 4 nitrogen and oxygen atoms in total. The molecule has 22 heavy (non-hydrogen) atoms. The van der Waals surface area contributed by atoms with Gasteiger partial charge in [-0.25, -0.2) is 0 Å². The van der Waals surface area contributed by atoms with Gasteiger partial charge in [0.1, 0.15) is 0 Å². The molecule has 128 valence electrons. The van der Waals surface area contributed by atoms with Crippen LogP contribution in [0.25, 0.3) is 0 Å². The summed E-state index contributed by atoms with van der Waals surface area (Å²) in [6, 6.07) is 0. The summed E-state index contributed by atoms with van der Waals surface area (Å²) in [5.41, 5.74) is -2.33. The van der Waals surface area contributed by atoms with Gasteiger partial charge in [-0.2, -0.15) is 0 Å². The fourth-order valence-corrected chi connectivity index (χ4v) is 4.91. The molecular formula is C18H32O4. The predicted molar refractivity (Wildman–Crippen MR) is 86.7 cm³/mol. The lowest BCUT2D eigenvalue weighted by molar-refractivity contribution is -0.186. The number of hydrogen-bond acceptors (Lipinski definition) is 2. The average molecular weight is 312 g/mol. The Balaban J connectivity index is 3.48. The van der Waals surface area contributed by atoms with E-state index < -0.39 is 22.8 Å². The van der Waals surface area contributed by atoms with Gasteiger partial charge in [0.15, 0.2) is 0 Å². The van der Waals surface area contributed by atoms with Gasteiger partial charge in [0.25, 0.3) is 0 Å². The van der Waals surface area contributed by atoms with E-state index in [0.29, 0.717) is 19.3 Å². The van der Waals surface area contributed by atoms with Gasteiger partial charge in [-0.3, -0.25) is 9.59 Å². The molecule has 2 N–H and O–H groups in total. The Bertz CT molecular complexity index is 398. The van der Waals surface area contributed by atoms with E-state index in [1.54, 1.807) is 0 Å². The maximum Gasteiger partial charge on any atom is 0.311 e. The zero-order valence-electron chi connectivity index (χ0n) is 14.5. The first-order valence-electron chi connectivity index (χ1n) is 8.75. The SMILES string of the molecule is CCC(CC(C)C)(C(=O)O)C(CC)(C(=O)O)C1CCCCC1. The van der Waals surface area contributed by atoms with Gasteiger partial charge < -0.3 is 10.2 Å². The van der Waals surface area contributed by atoms with Gasteiger partial charge in [-0.05, 0) is 43.9 Å². The highest BCUT2D eigenvalue weighted by molar-refractivity contribution is 5.87. The standard InChI is InChI=1S/C18H32O4/c1-5-17(15(19)20,12-13(3)4)18(6-2,16(21)22)14-10-8-7-9-11-14/h13-14H,5-12H2,1-4H3,(H,19,20)(H,21,22). The minimum Gasteiger partial charge on any atom is -0.481 e. The summed E-state index contributed by atoms with van der Waals surface area (Å²) in [6.07, 6.45) is 6.03. The van der Waals surface area contributed by atoms with Gasteiger partial charge in [0, 0.05) is 0 Å². The summed E-state index contributed by atoms with van der Waals surface area (Å²) in [5.74, 6) is -1.71. The van der Waals surface area contributed by atoms with Crippen LogP contribution in [0.2, 0.25) is 0 Å². The second-order valence-corrected chi connectivity index (χ2v) is 7.30. The third kappa shape index (κ3) is 3.02. The van der Waals surface area contributed by atoms with E-state index in [0.717, 1.165) is 32.1 Å². The van der Waals surface area contributed by atoms with Crippen LogP contribution < -0.4 is 0 Å². The number of aliphatic carboxylic acids is 2. The molecule has 1 aliphatic rings. The molecule has 1 fully saturated rings. The summed E-state index contributed by atoms with van der Waals surface area (Å²) in [7, 11) is 0. The van der Waals surface area contributed by atoms with Crippen LogP contribution in [0.15, 0.2) is 0 Å². The van der Waals surface area contributed by atoms with Gasteiger partial charge in [0.05, 0.1) is 10.8 Å². The van der Waals surface area contributed by atoms with Crippen molar-refractivity contribution in [2.24, 2.45) is 22.7 Å². The van der Waals surface area contributed by atoms with Crippen molar-refractivity contribution < 1.29 is 19.8 Å². The molecular weight excluding hydrogens is 280 g/mol. The van der Waals surface area contributed by atoms with Crippen molar-refractivity contribution in [3.05, 3.63) is 0 Å². The number of hydrogen-bond donors (Lipinski definition) is 2. The lowest BCUT2D eigenvalue weighted by Crippen LogP contribution is -2.57. The molecule has 0 bridgehead atoms. The molecule has 2 unspecified atom stereocenters. The highest BCUT2D eigenvalue weighted by Crippen LogP contribution is 2.57. The van der Waals surface area contributed by atoms with Crippen molar-refractivity contribution in [1.82, 2.24) is 0 Å². The smallest absolute Gasteiger partial charge is 0.311 e. The Morgan fingerprint density at radius 3 is 1.86 bits per heavy atom. The Kier molecular flexibility index (Phi) is 6.45. The van der Waals surface area contributed by atoms with E-state index in [9.17, 15) is 19.8 Å². The molecule has 1 rings (SSSR count). The van der Waals surface area contributed by atoms with Crippen LogP contribution in [-0.4, -0.2) is 22.2 Å². The van der Waals surface area contributed by atoms with Crippen molar-refractivity contribution >= 4 is 11.9 Å². The lowest BCUT2D eigenvalue weighted by atomic mass is 9.50. The zero-order chi connectivity index (χ0) is 17.0. The molecule has 0 saturated heterocycles. The molecule has 0 aromatic rings. The van der Waals surface area contributed by atoms with Gasteiger partial charge in [0.2, 0.25) is 0 Å². The van der Waals surface area contributed by atoms with Crippen LogP contribution in [0.3, 0.4) is 0 Å². The Labute approximate surface area is 134 Å². The van der Waals surface area contributed by atoms with Crippen molar-refractivity contribution in [3.8, 4) is 0 Å². The van der Waals surface area contributed by atoms with E-state index in [1.807, 2.05) is 27.7 Å². The molecule has 0 spiro atoms.